The molecule has 0 aliphatic carbocycles. The van der Waals surface area contributed by atoms with Gasteiger partial charge in [0.2, 0.25) is 11.8 Å². The van der Waals surface area contributed by atoms with E-state index in [0.29, 0.717) is 77.0 Å². The number of thioether (sulfide) groups is 1. The Bertz CT molecular complexity index is 1290. The van der Waals surface area contributed by atoms with Crippen LogP contribution in [0.5, 0.6) is 0 Å². The van der Waals surface area contributed by atoms with Gasteiger partial charge in [0, 0.05) is 31.7 Å². The highest BCUT2D eigenvalue weighted by atomic mass is 35.5. The lowest BCUT2D eigenvalue weighted by Gasteiger charge is -2.33. The fourth-order valence-electron chi connectivity index (χ4n) is 4.83. The van der Waals surface area contributed by atoms with Gasteiger partial charge in [-0.3, -0.25) is 25.0 Å². The molecule has 0 spiro atoms. The number of amides is 3. The number of nitrogens with zero attached hydrogens (tertiary/aromatic N) is 3. The summed E-state index contributed by atoms with van der Waals surface area (Å²) in [6.07, 6.45) is 3.36. The molecule has 0 fully saturated rings. The molecule has 3 amide bonds. The zero-order valence-corrected chi connectivity index (χ0v) is 30.4. The Morgan fingerprint density at radius 3 is 2.10 bits per heavy atom. The van der Waals surface area contributed by atoms with Gasteiger partial charge in [0.15, 0.2) is 23.0 Å². The van der Waals surface area contributed by atoms with E-state index >= 15 is 0 Å². The molecule has 2 atom stereocenters. The first kappa shape index (κ1) is 41.6. The third-order valence-corrected chi connectivity index (χ3v) is 8.73. The van der Waals surface area contributed by atoms with E-state index in [9.17, 15) is 14.4 Å². The number of hydrogen-bond donors (Lipinski definition) is 4. The third-order valence-electron chi connectivity index (χ3n) is 7.36. The normalized spacial score (nSPS) is 14.8. The number of anilines is 1. The molecule has 17 heteroatoms. The number of aromatic nitrogens is 2. The number of imidazole rings is 1. The van der Waals surface area contributed by atoms with Crippen molar-refractivity contribution in [2.75, 3.05) is 89.1 Å². The summed E-state index contributed by atoms with van der Waals surface area (Å²) in [6, 6.07) is 8.68. The molecule has 1 aliphatic heterocycles. The van der Waals surface area contributed by atoms with Crippen molar-refractivity contribution in [1.29, 1.82) is 0 Å². The van der Waals surface area contributed by atoms with Crippen molar-refractivity contribution in [2.24, 2.45) is 11.5 Å². The zero-order valence-electron chi connectivity index (χ0n) is 28.8. The number of unbranched alkanes of at least 4 members (excludes halogenated alkanes) is 3. The molecule has 3 rings (SSSR count). The number of hydrogen-bond acceptors (Lipinski definition) is 12. The molecule has 2 aromatic rings. The number of rotatable bonds is 27. The van der Waals surface area contributed by atoms with Crippen LogP contribution >= 0.6 is 23.4 Å². The summed E-state index contributed by atoms with van der Waals surface area (Å²) in [6.45, 7) is 6.82. The predicted octanol–water partition coefficient (Wildman–Crippen LogP) is 1.69. The van der Waals surface area contributed by atoms with Crippen LogP contribution in [0, 0.1) is 0 Å². The Hall–Kier alpha value is -2.80. The van der Waals surface area contributed by atoms with Gasteiger partial charge in [-0.05, 0) is 18.4 Å². The first-order valence-electron chi connectivity index (χ1n) is 16.9. The third kappa shape index (κ3) is 14.8. The second-order valence-corrected chi connectivity index (χ2v) is 12.7. The Labute approximate surface area is 303 Å². The van der Waals surface area contributed by atoms with Crippen molar-refractivity contribution in [3.8, 4) is 0 Å². The molecule has 280 valence electrons. The molecule has 0 saturated heterocycles. The van der Waals surface area contributed by atoms with Crippen molar-refractivity contribution in [3.63, 3.8) is 0 Å². The summed E-state index contributed by atoms with van der Waals surface area (Å²) < 4.78 is 29.3. The molecule has 50 heavy (non-hydrogen) atoms. The quantitative estimate of drug-likeness (QED) is 0.0589. The van der Waals surface area contributed by atoms with E-state index in [0.717, 1.165) is 43.7 Å². The van der Waals surface area contributed by atoms with Gasteiger partial charge in [-0.2, -0.15) is 0 Å². The minimum atomic E-state index is -1.04. The fraction of sp³-hybridized carbons (Fsp3) is 0.636. The number of fused-ring (bicyclic) bond motifs is 1. The summed E-state index contributed by atoms with van der Waals surface area (Å²) in [5, 5.41) is 5.76. The van der Waals surface area contributed by atoms with Crippen molar-refractivity contribution in [3.05, 3.63) is 41.6 Å². The molecule has 1 unspecified atom stereocenters. The van der Waals surface area contributed by atoms with E-state index in [-0.39, 0.29) is 29.8 Å². The van der Waals surface area contributed by atoms with E-state index in [1.54, 1.807) is 4.57 Å². The smallest absolute Gasteiger partial charge is 0.276 e. The minimum Gasteiger partial charge on any atom is -0.379 e. The minimum absolute atomic E-state index is 0.0783. The van der Waals surface area contributed by atoms with Gasteiger partial charge in [-0.25, -0.2) is 4.98 Å². The summed E-state index contributed by atoms with van der Waals surface area (Å²) in [4.78, 5) is 43.7. The Balaban J connectivity index is 1.26. The van der Waals surface area contributed by atoms with E-state index in [4.69, 9.17) is 46.8 Å². The van der Waals surface area contributed by atoms with Gasteiger partial charge in [0.1, 0.15) is 0 Å². The number of carbonyl (C=O) groups is 3. The lowest BCUT2D eigenvalue weighted by Crippen LogP contribution is -2.60. The van der Waals surface area contributed by atoms with Crippen LogP contribution in [-0.4, -0.2) is 124 Å². The maximum Gasteiger partial charge on any atom is 0.276 e. The number of ether oxygens (including phenoxy) is 5. The van der Waals surface area contributed by atoms with Crippen molar-refractivity contribution in [2.45, 2.75) is 56.6 Å². The standard InChI is InChI=1S/C33H52ClN7O8S/c1-25(42)41-31-28(30(44)39-32(41)36)38-33(40(31)23-26-9-5-4-6-10-26)50-24-27(35)29(43)37-12-14-46-16-18-48-20-22-49-21-19-47-17-15-45-13-8-3-2-7-11-34/h4-6,9-10,27,32H,2-3,7-8,11-24,35-36H2,1H3,(H,37,43)(H,39,44)/t27-,32?/m0/s1. The molecule has 6 N–H and O–H groups in total. The summed E-state index contributed by atoms with van der Waals surface area (Å²) in [7, 11) is 0. The maximum atomic E-state index is 12.7. The van der Waals surface area contributed by atoms with Gasteiger partial charge < -0.3 is 44.6 Å². The van der Waals surface area contributed by atoms with E-state index in [2.05, 4.69) is 15.6 Å². The van der Waals surface area contributed by atoms with Gasteiger partial charge in [-0.15, -0.1) is 11.6 Å². The predicted molar refractivity (Wildman–Crippen MR) is 191 cm³/mol. The first-order valence-corrected chi connectivity index (χ1v) is 18.5. The number of nitrogens with one attached hydrogen (secondary N) is 2. The Kier molecular flexibility index (Phi) is 20.3. The summed E-state index contributed by atoms with van der Waals surface area (Å²) in [5.74, 6) is 0.0144. The summed E-state index contributed by atoms with van der Waals surface area (Å²) >= 11 is 6.87. The van der Waals surface area contributed by atoms with Crippen LogP contribution in [-0.2, 0) is 39.8 Å². The number of halogens is 1. The molecule has 0 radical (unpaired) electrons. The van der Waals surface area contributed by atoms with Crippen LogP contribution in [0.15, 0.2) is 35.5 Å². The monoisotopic (exact) mass is 741 g/mol. The average Bonchev–Trinajstić information content (AvgIpc) is 3.45. The lowest BCUT2D eigenvalue weighted by atomic mass is 10.2. The van der Waals surface area contributed by atoms with E-state index < -0.39 is 18.2 Å². The fourth-order valence-corrected chi connectivity index (χ4v) is 5.97. The molecular formula is C33H52ClN7O8S. The Morgan fingerprint density at radius 2 is 1.50 bits per heavy atom. The number of carbonyl (C=O) groups excluding carboxylic acids is 3. The Morgan fingerprint density at radius 1 is 0.920 bits per heavy atom. The van der Waals surface area contributed by atoms with Crippen LogP contribution in [0.4, 0.5) is 5.82 Å². The van der Waals surface area contributed by atoms with Crippen molar-refractivity contribution >= 4 is 46.9 Å². The number of alkyl halides is 1. The van der Waals surface area contributed by atoms with Crippen molar-refractivity contribution < 1.29 is 38.1 Å². The first-order chi connectivity index (χ1) is 24.3. The molecular weight excluding hydrogens is 690 g/mol. The second-order valence-electron chi connectivity index (χ2n) is 11.3. The van der Waals surface area contributed by atoms with Crippen LogP contribution in [0.25, 0.3) is 0 Å². The highest BCUT2D eigenvalue weighted by Crippen LogP contribution is 2.32. The SMILES string of the molecule is CC(=O)N1c2c(nc(SC[C@H](N)C(=O)NCCOCCOCCOCCOCCOCCCCCCCl)n2Cc2ccccc2)C(=O)NC1N. The molecule has 0 saturated carbocycles. The summed E-state index contributed by atoms with van der Waals surface area (Å²) in [5.41, 5.74) is 13.3. The topological polar surface area (TPSA) is 195 Å². The van der Waals surface area contributed by atoms with E-state index in [1.165, 1.54) is 23.6 Å². The molecule has 15 nitrogen and oxygen atoms in total. The van der Waals surface area contributed by atoms with Gasteiger partial charge in [-0.1, -0.05) is 54.9 Å². The second kappa shape index (κ2) is 24.4. The largest absolute Gasteiger partial charge is 0.379 e. The van der Waals surface area contributed by atoms with Gasteiger partial charge in [0.25, 0.3) is 5.91 Å². The maximum absolute atomic E-state index is 12.7. The number of nitrogens with two attached hydrogens (primary N) is 2. The number of benzene rings is 1. The lowest BCUT2D eigenvalue weighted by molar-refractivity contribution is -0.122. The van der Waals surface area contributed by atoms with E-state index in [1.807, 2.05) is 30.3 Å². The van der Waals surface area contributed by atoms with Gasteiger partial charge >= 0.3 is 0 Å². The molecule has 2 heterocycles. The van der Waals surface area contributed by atoms with Crippen LogP contribution < -0.4 is 27.0 Å². The highest BCUT2D eigenvalue weighted by molar-refractivity contribution is 7.99. The molecule has 1 aromatic carbocycles. The van der Waals surface area contributed by atoms with Crippen LogP contribution in [0.2, 0.25) is 0 Å². The molecule has 1 aromatic heterocycles. The molecule has 0 bridgehead atoms. The highest BCUT2D eigenvalue weighted by Gasteiger charge is 2.37. The average molecular weight is 742 g/mol. The van der Waals surface area contributed by atoms with Crippen molar-refractivity contribution in [1.82, 2.24) is 20.2 Å². The zero-order chi connectivity index (χ0) is 36.0. The van der Waals surface area contributed by atoms with Crippen LogP contribution in [0.3, 0.4) is 0 Å². The molecule has 1 aliphatic rings. The van der Waals surface area contributed by atoms with Crippen LogP contribution in [0.1, 0.15) is 48.7 Å². The van der Waals surface area contributed by atoms with Gasteiger partial charge in [0.05, 0.1) is 72.0 Å².